The molecule has 1 heterocycles. The van der Waals surface area contributed by atoms with Crippen LogP contribution in [0.15, 0.2) is 0 Å². The van der Waals surface area contributed by atoms with E-state index < -0.39 is 0 Å². The topological polar surface area (TPSA) is 32.5 Å². The summed E-state index contributed by atoms with van der Waals surface area (Å²) >= 11 is 0. The molecule has 1 saturated heterocycles. The van der Waals surface area contributed by atoms with Crippen molar-refractivity contribution in [1.82, 2.24) is 9.80 Å². The Kier molecular flexibility index (Phi) is 3.89. The molecule has 0 aromatic carbocycles. The molecule has 116 valence electrons. The molecule has 3 rings (SSSR count). The maximum atomic E-state index is 6.24. The van der Waals surface area contributed by atoms with E-state index >= 15 is 0 Å². The zero-order chi connectivity index (χ0) is 14.4. The van der Waals surface area contributed by atoms with Crippen LogP contribution < -0.4 is 5.73 Å². The molecule has 0 bridgehead atoms. The molecule has 1 aliphatic heterocycles. The first-order valence-corrected chi connectivity index (χ1v) is 8.63. The van der Waals surface area contributed by atoms with E-state index in [1.807, 2.05) is 0 Å². The highest BCUT2D eigenvalue weighted by atomic mass is 15.3. The Morgan fingerprint density at radius 1 is 1.10 bits per heavy atom. The van der Waals surface area contributed by atoms with Crippen molar-refractivity contribution in [3.8, 4) is 0 Å². The second kappa shape index (κ2) is 5.26. The Bertz CT molecular complexity index is 340. The Hall–Kier alpha value is -0.120. The maximum Gasteiger partial charge on any atom is 0.0470 e. The van der Waals surface area contributed by atoms with Gasteiger partial charge >= 0.3 is 0 Å². The summed E-state index contributed by atoms with van der Waals surface area (Å²) in [4.78, 5) is 5.39. The number of nitrogens with zero attached hydrogens (tertiary/aromatic N) is 2. The van der Waals surface area contributed by atoms with E-state index in [1.165, 1.54) is 58.0 Å². The monoisotopic (exact) mass is 279 g/mol. The van der Waals surface area contributed by atoms with Gasteiger partial charge in [-0.25, -0.2) is 0 Å². The number of rotatable bonds is 4. The van der Waals surface area contributed by atoms with Gasteiger partial charge in [-0.05, 0) is 57.4 Å². The summed E-state index contributed by atoms with van der Waals surface area (Å²) < 4.78 is 0. The molecule has 0 aromatic heterocycles. The molecule has 0 aromatic rings. The summed E-state index contributed by atoms with van der Waals surface area (Å²) in [5, 5.41) is 0. The van der Waals surface area contributed by atoms with Gasteiger partial charge in [-0.15, -0.1) is 0 Å². The predicted octanol–water partition coefficient (Wildman–Crippen LogP) is 2.45. The Morgan fingerprint density at radius 3 is 2.30 bits per heavy atom. The third-order valence-electron chi connectivity index (χ3n) is 6.41. The first kappa shape index (κ1) is 14.8. The second-order valence-corrected chi connectivity index (χ2v) is 8.39. The number of hydrogen-bond donors (Lipinski definition) is 1. The smallest absolute Gasteiger partial charge is 0.0470 e. The van der Waals surface area contributed by atoms with Crippen LogP contribution in [0.2, 0.25) is 0 Å². The normalized spacial score (nSPS) is 35.9. The molecule has 2 saturated carbocycles. The number of likely N-dealkylation sites (N-methyl/N-ethyl adjacent to an activating group) is 1. The molecule has 3 fully saturated rings. The summed E-state index contributed by atoms with van der Waals surface area (Å²) in [5.74, 6) is 0. The third kappa shape index (κ3) is 2.77. The molecule has 2 aliphatic carbocycles. The summed E-state index contributed by atoms with van der Waals surface area (Å²) in [5.41, 5.74) is 7.06. The molecular weight excluding hydrogens is 246 g/mol. The Morgan fingerprint density at radius 2 is 1.75 bits per heavy atom. The van der Waals surface area contributed by atoms with Gasteiger partial charge in [0.25, 0.3) is 0 Å². The minimum absolute atomic E-state index is 0.259. The van der Waals surface area contributed by atoms with Crippen LogP contribution in [0.3, 0.4) is 0 Å². The molecule has 2 N–H and O–H groups in total. The maximum absolute atomic E-state index is 6.24. The standard InChI is InChI=1S/C17H33N3/c1-16(2)8-6-14(7-9-16)19(3)17(12-18)10-11-20(13-17)15-4-5-15/h14-15H,4-13,18H2,1-3H3. The molecular formula is C17H33N3. The van der Waals surface area contributed by atoms with Crippen LogP contribution in [0.4, 0.5) is 0 Å². The first-order valence-electron chi connectivity index (χ1n) is 8.63. The minimum atomic E-state index is 0.259. The van der Waals surface area contributed by atoms with E-state index in [-0.39, 0.29) is 5.54 Å². The average Bonchev–Trinajstić information content (AvgIpc) is 3.18. The van der Waals surface area contributed by atoms with Crippen molar-refractivity contribution in [3.05, 3.63) is 0 Å². The Labute approximate surface area is 124 Å². The van der Waals surface area contributed by atoms with Crippen LogP contribution in [-0.4, -0.2) is 54.1 Å². The molecule has 3 nitrogen and oxygen atoms in total. The average molecular weight is 279 g/mol. The zero-order valence-corrected chi connectivity index (χ0v) is 13.7. The van der Waals surface area contributed by atoms with Gasteiger partial charge in [0, 0.05) is 37.3 Å². The zero-order valence-electron chi connectivity index (χ0n) is 13.7. The lowest BCUT2D eigenvalue weighted by atomic mass is 9.74. The van der Waals surface area contributed by atoms with Crippen LogP contribution in [0, 0.1) is 5.41 Å². The van der Waals surface area contributed by atoms with Crippen molar-refractivity contribution in [1.29, 1.82) is 0 Å². The van der Waals surface area contributed by atoms with Gasteiger partial charge in [0.2, 0.25) is 0 Å². The van der Waals surface area contributed by atoms with E-state index in [2.05, 4.69) is 30.7 Å². The van der Waals surface area contributed by atoms with Gasteiger partial charge in [0.05, 0.1) is 0 Å². The largest absolute Gasteiger partial charge is 0.329 e. The summed E-state index contributed by atoms with van der Waals surface area (Å²) in [7, 11) is 2.35. The Balaban J connectivity index is 1.63. The number of hydrogen-bond acceptors (Lipinski definition) is 3. The van der Waals surface area contributed by atoms with Crippen LogP contribution in [-0.2, 0) is 0 Å². The lowest BCUT2D eigenvalue weighted by Crippen LogP contribution is -2.58. The van der Waals surface area contributed by atoms with Gasteiger partial charge < -0.3 is 5.73 Å². The summed E-state index contributed by atoms with van der Waals surface area (Å²) in [6.45, 7) is 8.15. The van der Waals surface area contributed by atoms with Gasteiger partial charge in [0.15, 0.2) is 0 Å². The lowest BCUT2D eigenvalue weighted by Gasteiger charge is -2.47. The minimum Gasteiger partial charge on any atom is -0.329 e. The van der Waals surface area contributed by atoms with Crippen molar-refractivity contribution < 1.29 is 0 Å². The van der Waals surface area contributed by atoms with Crippen LogP contribution in [0.1, 0.15) is 58.8 Å². The van der Waals surface area contributed by atoms with Gasteiger partial charge in [0.1, 0.15) is 0 Å². The number of nitrogens with two attached hydrogens (primary N) is 1. The van der Waals surface area contributed by atoms with Crippen LogP contribution >= 0.6 is 0 Å². The fraction of sp³-hybridized carbons (Fsp3) is 1.00. The van der Waals surface area contributed by atoms with E-state index in [1.54, 1.807) is 0 Å². The van der Waals surface area contributed by atoms with E-state index in [9.17, 15) is 0 Å². The van der Waals surface area contributed by atoms with E-state index in [0.29, 0.717) is 5.41 Å². The first-order chi connectivity index (χ1) is 9.46. The predicted molar refractivity (Wildman–Crippen MR) is 84.8 cm³/mol. The van der Waals surface area contributed by atoms with E-state index in [0.717, 1.165) is 18.6 Å². The molecule has 3 heteroatoms. The molecule has 3 aliphatic rings. The van der Waals surface area contributed by atoms with Crippen molar-refractivity contribution in [2.45, 2.75) is 76.4 Å². The van der Waals surface area contributed by atoms with Gasteiger partial charge in [-0.1, -0.05) is 13.8 Å². The van der Waals surface area contributed by atoms with Gasteiger partial charge in [-0.3, -0.25) is 9.80 Å². The molecule has 20 heavy (non-hydrogen) atoms. The molecule has 1 unspecified atom stereocenters. The lowest BCUT2D eigenvalue weighted by molar-refractivity contribution is 0.0402. The van der Waals surface area contributed by atoms with Crippen molar-refractivity contribution >= 4 is 0 Å². The van der Waals surface area contributed by atoms with Gasteiger partial charge in [-0.2, -0.15) is 0 Å². The van der Waals surface area contributed by atoms with Crippen molar-refractivity contribution in [3.63, 3.8) is 0 Å². The quantitative estimate of drug-likeness (QED) is 0.858. The van der Waals surface area contributed by atoms with Crippen LogP contribution in [0.5, 0.6) is 0 Å². The van der Waals surface area contributed by atoms with Crippen molar-refractivity contribution in [2.24, 2.45) is 11.1 Å². The highest BCUT2D eigenvalue weighted by Crippen LogP contribution is 2.41. The highest BCUT2D eigenvalue weighted by Gasteiger charge is 2.47. The molecule has 0 spiro atoms. The fourth-order valence-corrected chi connectivity index (χ4v) is 4.40. The number of likely N-dealkylation sites (tertiary alicyclic amines) is 1. The fourth-order valence-electron chi connectivity index (χ4n) is 4.40. The van der Waals surface area contributed by atoms with E-state index in [4.69, 9.17) is 5.73 Å². The molecule has 0 amide bonds. The van der Waals surface area contributed by atoms with Crippen molar-refractivity contribution in [2.75, 3.05) is 26.7 Å². The second-order valence-electron chi connectivity index (χ2n) is 8.39. The summed E-state index contributed by atoms with van der Waals surface area (Å²) in [6.07, 6.45) is 9.56. The highest BCUT2D eigenvalue weighted by molar-refractivity contribution is 5.04. The molecule has 0 radical (unpaired) electrons. The van der Waals surface area contributed by atoms with Crippen LogP contribution in [0.25, 0.3) is 0 Å². The molecule has 1 atom stereocenters. The third-order valence-corrected chi connectivity index (χ3v) is 6.41. The SMILES string of the molecule is CN(C1CCC(C)(C)CC1)C1(CN)CCN(C2CC2)C1. The summed E-state index contributed by atoms with van der Waals surface area (Å²) in [6, 6.07) is 1.65.